The van der Waals surface area contributed by atoms with Gasteiger partial charge in [0.1, 0.15) is 0 Å². The van der Waals surface area contributed by atoms with Crippen LogP contribution in [0.2, 0.25) is 0 Å². The fraction of sp³-hybridized carbons (Fsp3) is 0.600. The molecule has 1 heterocycles. The molecule has 0 amide bonds. The minimum absolute atomic E-state index is 0.478. The first kappa shape index (κ1) is 9.33. The first-order chi connectivity index (χ1) is 5.74. The van der Waals surface area contributed by atoms with E-state index in [0.717, 1.165) is 6.54 Å². The van der Waals surface area contributed by atoms with Crippen LogP contribution in [0.15, 0.2) is 18.5 Å². The van der Waals surface area contributed by atoms with E-state index in [4.69, 9.17) is 0 Å². The van der Waals surface area contributed by atoms with E-state index in [1.165, 1.54) is 12.0 Å². The molecule has 0 bridgehead atoms. The van der Waals surface area contributed by atoms with Gasteiger partial charge in [-0.3, -0.25) is 0 Å². The molecule has 1 N–H and O–H groups in total. The van der Waals surface area contributed by atoms with E-state index in [2.05, 4.69) is 49.2 Å². The molecule has 0 saturated heterocycles. The van der Waals surface area contributed by atoms with E-state index in [1.807, 2.05) is 0 Å². The summed E-state index contributed by atoms with van der Waals surface area (Å²) in [7, 11) is 2.05. The van der Waals surface area contributed by atoms with Crippen LogP contribution in [0.5, 0.6) is 0 Å². The third-order valence-electron chi connectivity index (χ3n) is 2.06. The second-order valence-corrected chi connectivity index (χ2v) is 3.29. The molecule has 0 aliphatic rings. The van der Waals surface area contributed by atoms with Crippen molar-refractivity contribution in [2.24, 2.45) is 7.05 Å². The molecule has 1 atom stereocenters. The monoisotopic (exact) mass is 166 g/mol. The van der Waals surface area contributed by atoms with Gasteiger partial charge in [-0.1, -0.05) is 6.92 Å². The van der Waals surface area contributed by atoms with Gasteiger partial charge in [0, 0.05) is 25.5 Å². The van der Waals surface area contributed by atoms with Crippen LogP contribution in [0.1, 0.15) is 31.9 Å². The summed E-state index contributed by atoms with van der Waals surface area (Å²) in [5.74, 6) is 0. The fourth-order valence-corrected chi connectivity index (χ4v) is 1.26. The van der Waals surface area contributed by atoms with Gasteiger partial charge in [0.2, 0.25) is 0 Å². The molecular weight excluding hydrogens is 148 g/mol. The van der Waals surface area contributed by atoms with Crippen molar-refractivity contribution in [3.8, 4) is 0 Å². The molecule has 0 aliphatic carbocycles. The van der Waals surface area contributed by atoms with E-state index in [1.54, 1.807) is 0 Å². The van der Waals surface area contributed by atoms with Gasteiger partial charge in [-0.15, -0.1) is 0 Å². The molecule has 68 valence electrons. The Hall–Kier alpha value is -0.760. The summed E-state index contributed by atoms with van der Waals surface area (Å²) in [5, 5.41) is 3.45. The summed E-state index contributed by atoms with van der Waals surface area (Å²) in [4.78, 5) is 0. The second-order valence-electron chi connectivity index (χ2n) is 3.29. The summed E-state index contributed by atoms with van der Waals surface area (Å²) in [6.45, 7) is 5.48. The van der Waals surface area contributed by atoms with Crippen LogP contribution in [-0.4, -0.2) is 11.1 Å². The highest BCUT2D eigenvalue weighted by Gasteiger charge is 2.03. The highest BCUT2D eigenvalue weighted by Crippen LogP contribution is 2.11. The lowest BCUT2D eigenvalue weighted by molar-refractivity contribution is 0.570. The zero-order chi connectivity index (χ0) is 8.97. The number of aromatic nitrogens is 1. The second kappa shape index (κ2) is 4.31. The number of rotatable bonds is 4. The molecule has 0 aliphatic heterocycles. The van der Waals surface area contributed by atoms with E-state index >= 15 is 0 Å². The van der Waals surface area contributed by atoms with Gasteiger partial charge in [-0.05, 0) is 31.5 Å². The molecular formula is C10H18N2. The lowest BCUT2D eigenvalue weighted by atomic mass is 10.2. The van der Waals surface area contributed by atoms with Crippen molar-refractivity contribution in [1.82, 2.24) is 9.88 Å². The lowest BCUT2D eigenvalue weighted by Crippen LogP contribution is -2.18. The van der Waals surface area contributed by atoms with Gasteiger partial charge in [-0.2, -0.15) is 0 Å². The van der Waals surface area contributed by atoms with Gasteiger partial charge < -0.3 is 9.88 Å². The maximum Gasteiger partial charge on any atom is 0.0306 e. The number of nitrogens with zero attached hydrogens (tertiary/aromatic N) is 1. The van der Waals surface area contributed by atoms with Crippen molar-refractivity contribution < 1.29 is 0 Å². The highest BCUT2D eigenvalue weighted by atomic mass is 14.9. The zero-order valence-corrected chi connectivity index (χ0v) is 8.17. The number of aryl methyl sites for hydroxylation is 1. The van der Waals surface area contributed by atoms with Gasteiger partial charge in [0.25, 0.3) is 0 Å². The number of nitrogens with one attached hydrogen (secondary N) is 1. The molecule has 1 rings (SSSR count). The third kappa shape index (κ3) is 2.38. The summed E-state index contributed by atoms with van der Waals surface area (Å²) >= 11 is 0. The maximum absolute atomic E-state index is 3.45. The molecule has 2 heteroatoms. The minimum atomic E-state index is 0.478. The van der Waals surface area contributed by atoms with Crippen molar-refractivity contribution in [2.45, 2.75) is 26.3 Å². The van der Waals surface area contributed by atoms with Crippen LogP contribution in [0, 0.1) is 0 Å². The van der Waals surface area contributed by atoms with E-state index < -0.39 is 0 Å². The quantitative estimate of drug-likeness (QED) is 0.724. The standard InChI is InChI=1S/C10H18N2/c1-4-6-11-9(2)10-5-7-12(3)8-10/h5,7-9,11H,4,6H2,1-3H3. The van der Waals surface area contributed by atoms with E-state index in [0.29, 0.717) is 6.04 Å². The first-order valence-electron chi connectivity index (χ1n) is 4.59. The Morgan fingerprint density at radius 3 is 2.83 bits per heavy atom. The first-order valence-corrected chi connectivity index (χ1v) is 4.59. The summed E-state index contributed by atoms with van der Waals surface area (Å²) in [6, 6.07) is 2.64. The van der Waals surface area contributed by atoms with Gasteiger partial charge in [-0.25, -0.2) is 0 Å². The van der Waals surface area contributed by atoms with Crippen LogP contribution in [-0.2, 0) is 7.05 Å². The van der Waals surface area contributed by atoms with Gasteiger partial charge in [0.05, 0.1) is 0 Å². The minimum Gasteiger partial charge on any atom is -0.357 e. The van der Waals surface area contributed by atoms with Crippen LogP contribution >= 0.6 is 0 Å². The van der Waals surface area contributed by atoms with Gasteiger partial charge in [0.15, 0.2) is 0 Å². The summed E-state index contributed by atoms with van der Waals surface area (Å²) in [6.07, 6.45) is 5.43. The molecule has 0 spiro atoms. The van der Waals surface area contributed by atoms with Crippen molar-refractivity contribution in [2.75, 3.05) is 6.54 Å². The molecule has 1 aromatic heterocycles. The van der Waals surface area contributed by atoms with E-state index in [9.17, 15) is 0 Å². The average Bonchev–Trinajstić information content (AvgIpc) is 2.47. The van der Waals surface area contributed by atoms with Crippen LogP contribution in [0.25, 0.3) is 0 Å². The lowest BCUT2D eigenvalue weighted by Gasteiger charge is -2.10. The average molecular weight is 166 g/mol. The third-order valence-corrected chi connectivity index (χ3v) is 2.06. The molecule has 0 radical (unpaired) electrons. The smallest absolute Gasteiger partial charge is 0.0306 e. The molecule has 1 aromatic rings. The molecule has 2 nitrogen and oxygen atoms in total. The topological polar surface area (TPSA) is 17.0 Å². The Balaban J connectivity index is 2.47. The fourth-order valence-electron chi connectivity index (χ4n) is 1.26. The zero-order valence-electron chi connectivity index (χ0n) is 8.17. The molecule has 0 fully saturated rings. The normalized spacial score (nSPS) is 13.2. The molecule has 12 heavy (non-hydrogen) atoms. The summed E-state index contributed by atoms with van der Waals surface area (Å²) < 4.78 is 2.08. The van der Waals surface area contributed by atoms with Crippen LogP contribution < -0.4 is 5.32 Å². The van der Waals surface area contributed by atoms with E-state index in [-0.39, 0.29) is 0 Å². The Bertz CT molecular complexity index is 227. The van der Waals surface area contributed by atoms with Crippen molar-refractivity contribution >= 4 is 0 Å². The Labute approximate surface area is 74.6 Å². The van der Waals surface area contributed by atoms with Crippen molar-refractivity contribution in [3.05, 3.63) is 24.0 Å². The van der Waals surface area contributed by atoms with Crippen molar-refractivity contribution in [3.63, 3.8) is 0 Å². The Morgan fingerprint density at radius 1 is 1.58 bits per heavy atom. The van der Waals surface area contributed by atoms with Crippen LogP contribution in [0.3, 0.4) is 0 Å². The Morgan fingerprint density at radius 2 is 2.33 bits per heavy atom. The number of hydrogen-bond acceptors (Lipinski definition) is 1. The Kier molecular flexibility index (Phi) is 3.35. The van der Waals surface area contributed by atoms with Crippen molar-refractivity contribution in [1.29, 1.82) is 0 Å². The van der Waals surface area contributed by atoms with Crippen LogP contribution in [0.4, 0.5) is 0 Å². The molecule has 0 aromatic carbocycles. The van der Waals surface area contributed by atoms with Gasteiger partial charge >= 0.3 is 0 Å². The maximum atomic E-state index is 3.45. The molecule has 1 unspecified atom stereocenters. The predicted molar refractivity (Wildman–Crippen MR) is 52.1 cm³/mol. The summed E-state index contributed by atoms with van der Waals surface area (Å²) in [5.41, 5.74) is 1.37. The largest absolute Gasteiger partial charge is 0.357 e. The predicted octanol–water partition coefficient (Wildman–Crippen LogP) is 2.09. The molecule has 0 saturated carbocycles. The number of hydrogen-bond donors (Lipinski definition) is 1. The SMILES string of the molecule is CCCNC(C)c1ccn(C)c1. The highest BCUT2D eigenvalue weighted by molar-refractivity contribution is 5.14.